The highest BCUT2D eigenvalue weighted by molar-refractivity contribution is 5.75. The Labute approximate surface area is 121 Å². The lowest BCUT2D eigenvalue weighted by Gasteiger charge is -2.24. The Kier molecular flexibility index (Phi) is 4.36. The van der Waals surface area contributed by atoms with Gasteiger partial charge in [0.15, 0.2) is 0 Å². The van der Waals surface area contributed by atoms with Crippen molar-refractivity contribution in [3.05, 3.63) is 30.1 Å². The number of imidazole rings is 1. The number of para-hydroxylation sites is 2. The number of fused-ring (bicyclic) bond motifs is 1. The molecule has 0 aliphatic carbocycles. The van der Waals surface area contributed by atoms with Gasteiger partial charge in [0.1, 0.15) is 5.82 Å². The SMILES string of the molecule is CCCc1nc2ccccc2n1CCC1CCCCN1. The van der Waals surface area contributed by atoms with Crippen molar-refractivity contribution < 1.29 is 0 Å². The van der Waals surface area contributed by atoms with E-state index in [1.165, 1.54) is 43.6 Å². The number of aromatic nitrogens is 2. The molecule has 0 saturated carbocycles. The van der Waals surface area contributed by atoms with Gasteiger partial charge in [-0.15, -0.1) is 0 Å². The van der Waals surface area contributed by atoms with Crippen molar-refractivity contribution >= 4 is 11.0 Å². The minimum absolute atomic E-state index is 0.694. The first kappa shape index (κ1) is 13.6. The molecule has 0 spiro atoms. The summed E-state index contributed by atoms with van der Waals surface area (Å²) in [5.74, 6) is 1.25. The fraction of sp³-hybridized carbons (Fsp3) is 0.588. The van der Waals surface area contributed by atoms with E-state index >= 15 is 0 Å². The zero-order valence-electron chi connectivity index (χ0n) is 12.4. The van der Waals surface area contributed by atoms with E-state index in [9.17, 15) is 0 Å². The summed E-state index contributed by atoms with van der Waals surface area (Å²) < 4.78 is 2.44. The first-order valence-corrected chi connectivity index (χ1v) is 8.06. The summed E-state index contributed by atoms with van der Waals surface area (Å²) in [5, 5.41) is 3.65. The van der Waals surface area contributed by atoms with E-state index in [1.54, 1.807) is 0 Å². The van der Waals surface area contributed by atoms with E-state index in [0.29, 0.717) is 6.04 Å². The molecule has 1 atom stereocenters. The molecule has 0 amide bonds. The maximum Gasteiger partial charge on any atom is 0.109 e. The predicted molar refractivity (Wildman–Crippen MR) is 84.0 cm³/mol. The fourth-order valence-corrected chi connectivity index (χ4v) is 3.24. The van der Waals surface area contributed by atoms with Gasteiger partial charge in [-0.25, -0.2) is 4.98 Å². The van der Waals surface area contributed by atoms with Crippen LogP contribution in [0.3, 0.4) is 0 Å². The van der Waals surface area contributed by atoms with Gasteiger partial charge in [0.25, 0.3) is 0 Å². The van der Waals surface area contributed by atoms with Gasteiger partial charge in [-0.2, -0.15) is 0 Å². The predicted octanol–water partition coefficient (Wildman–Crippen LogP) is 3.52. The molecule has 1 fully saturated rings. The van der Waals surface area contributed by atoms with Crippen molar-refractivity contribution in [2.75, 3.05) is 6.54 Å². The molecular weight excluding hydrogens is 246 g/mol. The van der Waals surface area contributed by atoms with E-state index in [2.05, 4.69) is 41.1 Å². The first-order valence-electron chi connectivity index (χ1n) is 8.06. The van der Waals surface area contributed by atoms with Crippen LogP contribution in [0.5, 0.6) is 0 Å². The molecule has 3 heteroatoms. The standard InChI is InChI=1S/C17H25N3/c1-2-7-17-19-15-9-3-4-10-16(15)20(17)13-11-14-8-5-6-12-18-14/h3-4,9-10,14,18H,2,5-8,11-13H2,1H3. The van der Waals surface area contributed by atoms with Gasteiger partial charge in [0.2, 0.25) is 0 Å². The van der Waals surface area contributed by atoms with Gasteiger partial charge >= 0.3 is 0 Å². The quantitative estimate of drug-likeness (QED) is 0.901. The van der Waals surface area contributed by atoms with Crippen LogP contribution in [0.15, 0.2) is 24.3 Å². The van der Waals surface area contributed by atoms with E-state index in [4.69, 9.17) is 4.98 Å². The molecule has 1 aromatic carbocycles. The van der Waals surface area contributed by atoms with Crippen molar-refractivity contribution in [3.63, 3.8) is 0 Å². The van der Waals surface area contributed by atoms with Gasteiger partial charge in [-0.3, -0.25) is 0 Å². The number of benzene rings is 1. The second-order valence-corrected chi connectivity index (χ2v) is 5.85. The topological polar surface area (TPSA) is 29.9 Å². The Morgan fingerprint density at radius 1 is 1.30 bits per heavy atom. The molecule has 2 aromatic rings. The first-order chi connectivity index (χ1) is 9.88. The lowest BCUT2D eigenvalue weighted by atomic mass is 10.0. The van der Waals surface area contributed by atoms with Crippen LogP contribution in [0.2, 0.25) is 0 Å². The number of nitrogens with zero attached hydrogens (tertiary/aromatic N) is 2. The number of hydrogen-bond acceptors (Lipinski definition) is 2. The molecule has 108 valence electrons. The highest BCUT2D eigenvalue weighted by Gasteiger charge is 2.15. The van der Waals surface area contributed by atoms with E-state index in [1.807, 2.05) is 0 Å². The third kappa shape index (κ3) is 2.88. The highest BCUT2D eigenvalue weighted by Crippen LogP contribution is 2.19. The van der Waals surface area contributed by atoms with Crippen molar-refractivity contribution in [1.29, 1.82) is 0 Å². The van der Waals surface area contributed by atoms with Gasteiger partial charge in [0.05, 0.1) is 11.0 Å². The van der Waals surface area contributed by atoms with Gasteiger partial charge < -0.3 is 9.88 Å². The highest BCUT2D eigenvalue weighted by atomic mass is 15.1. The molecule has 1 N–H and O–H groups in total. The summed E-state index contributed by atoms with van der Waals surface area (Å²) in [7, 11) is 0. The van der Waals surface area contributed by atoms with Crippen LogP contribution in [-0.4, -0.2) is 22.1 Å². The average molecular weight is 271 g/mol. The zero-order valence-corrected chi connectivity index (χ0v) is 12.4. The molecule has 1 aromatic heterocycles. The molecular formula is C17H25N3. The smallest absolute Gasteiger partial charge is 0.109 e. The summed E-state index contributed by atoms with van der Waals surface area (Å²) in [6.45, 7) is 4.51. The van der Waals surface area contributed by atoms with E-state index in [0.717, 1.165) is 24.9 Å². The number of piperidine rings is 1. The molecule has 2 heterocycles. The summed E-state index contributed by atoms with van der Waals surface area (Å²) >= 11 is 0. The minimum Gasteiger partial charge on any atom is -0.328 e. The molecule has 1 aliphatic heterocycles. The van der Waals surface area contributed by atoms with Crippen molar-refractivity contribution in [1.82, 2.24) is 14.9 Å². The molecule has 1 saturated heterocycles. The number of hydrogen-bond donors (Lipinski definition) is 1. The third-order valence-electron chi connectivity index (χ3n) is 4.32. The minimum atomic E-state index is 0.694. The van der Waals surface area contributed by atoms with Crippen molar-refractivity contribution in [3.8, 4) is 0 Å². The monoisotopic (exact) mass is 271 g/mol. The summed E-state index contributed by atoms with van der Waals surface area (Å²) in [6.07, 6.45) is 7.50. The lowest BCUT2D eigenvalue weighted by Crippen LogP contribution is -2.34. The Bertz CT molecular complexity index is 552. The molecule has 3 rings (SSSR count). The van der Waals surface area contributed by atoms with E-state index in [-0.39, 0.29) is 0 Å². The van der Waals surface area contributed by atoms with E-state index < -0.39 is 0 Å². The van der Waals surface area contributed by atoms with Crippen molar-refractivity contribution in [2.24, 2.45) is 0 Å². The molecule has 1 unspecified atom stereocenters. The molecule has 0 radical (unpaired) electrons. The maximum atomic E-state index is 4.81. The Morgan fingerprint density at radius 3 is 3.00 bits per heavy atom. The maximum absolute atomic E-state index is 4.81. The average Bonchev–Trinajstić information content (AvgIpc) is 2.84. The summed E-state index contributed by atoms with van der Waals surface area (Å²) in [4.78, 5) is 4.81. The fourth-order valence-electron chi connectivity index (χ4n) is 3.24. The Balaban J connectivity index is 1.79. The second-order valence-electron chi connectivity index (χ2n) is 5.85. The van der Waals surface area contributed by atoms with Gasteiger partial charge in [0, 0.05) is 19.0 Å². The van der Waals surface area contributed by atoms with Crippen LogP contribution in [-0.2, 0) is 13.0 Å². The number of nitrogens with one attached hydrogen (secondary N) is 1. The Hall–Kier alpha value is -1.35. The van der Waals surface area contributed by atoms with Crippen LogP contribution in [0, 0.1) is 0 Å². The van der Waals surface area contributed by atoms with Crippen LogP contribution in [0.4, 0.5) is 0 Å². The van der Waals surface area contributed by atoms with Crippen LogP contribution in [0.25, 0.3) is 11.0 Å². The lowest BCUT2D eigenvalue weighted by molar-refractivity contribution is 0.366. The van der Waals surface area contributed by atoms with Gasteiger partial charge in [-0.1, -0.05) is 25.5 Å². The van der Waals surface area contributed by atoms with Gasteiger partial charge in [-0.05, 0) is 44.4 Å². The summed E-state index contributed by atoms with van der Waals surface area (Å²) in [6, 6.07) is 9.23. The summed E-state index contributed by atoms with van der Waals surface area (Å²) in [5.41, 5.74) is 2.44. The molecule has 0 bridgehead atoms. The molecule has 20 heavy (non-hydrogen) atoms. The largest absolute Gasteiger partial charge is 0.328 e. The van der Waals surface area contributed by atoms with Crippen molar-refractivity contribution in [2.45, 2.75) is 58.0 Å². The number of rotatable bonds is 5. The van der Waals surface area contributed by atoms with Crippen LogP contribution >= 0.6 is 0 Å². The Morgan fingerprint density at radius 2 is 2.20 bits per heavy atom. The third-order valence-corrected chi connectivity index (χ3v) is 4.32. The molecule has 1 aliphatic rings. The van der Waals surface area contributed by atoms with Crippen LogP contribution in [0.1, 0.15) is 44.9 Å². The van der Waals surface area contributed by atoms with Crippen LogP contribution < -0.4 is 5.32 Å². The molecule has 3 nitrogen and oxygen atoms in total. The second kappa shape index (κ2) is 6.40. The normalized spacial score (nSPS) is 19.6. The zero-order chi connectivity index (χ0) is 13.8. The number of aryl methyl sites for hydroxylation is 2.